The Bertz CT molecular complexity index is 1100. The number of hydrogen-bond acceptors (Lipinski definition) is 5. The number of benzene rings is 1. The number of para-hydroxylation sites is 1. The van der Waals surface area contributed by atoms with Crippen LogP contribution in [-0.4, -0.2) is 29.8 Å². The minimum Gasteiger partial charge on any atom is -0.467 e. The van der Waals surface area contributed by atoms with Gasteiger partial charge in [-0.15, -0.1) is 11.3 Å². The van der Waals surface area contributed by atoms with Crippen molar-refractivity contribution >= 4 is 46.3 Å². The van der Waals surface area contributed by atoms with Crippen molar-refractivity contribution in [1.29, 1.82) is 0 Å². The van der Waals surface area contributed by atoms with Crippen LogP contribution in [0.2, 0.25) is 5.02 Å². The van der Waals surface area contributed by atoms with Gasteiger partial charge >= 0.3 is 0 Å². The Hall–Kier alpha value is -3.10. The van der Waals surface area contributed by atoms with Crippen LogP contribution < -0.4 is 15.5 Å². The van der Waals surface area contributed by atoms with Gasteiger partial charge in [-0.1, -0.05) is 36.7 Å². The predicted octanol–water partition coefficient (Wildman–Crippen LogP) is 4.80. The monoisotopic (exact) mass is 487 g/mol. The number of rotatable bonds is 9. The standard InChI is InChI=1S/C24H26ClN3O4S/c1-4-24(2,3)27-23(31)21(18-11-7-13-32-18)28(17-10-6-5-9-16(17)25)20(29)15-26-22(30)19-12-8-14-33-19/h5-14,21H,4,15H2,1-3H3,(H,26,30)(H,27,31)/t21-/m1/s1. The molecule has 0 aliphatic carbocycles. The lowest BCUT2D eigenvalue weighted by molar-refractivity contribution is -0.128. The Morgan fingerprint density at radius 1 is 1.12 bits per heavy atom. The summed E-state index contributed by atoms with van der Waals surface area (Å²) in [7, 11) is 0. The van der Waals surface area contributed by atoms with Crippen LogP contribution in [0.25, 0.3) is 0 Å². The summed E-state index contributed by atoms with van der Waals surface area (Å²) in [6.07, 6.45) is 2.12. The highest BCUT2D eigenvalue weighted by atomic mass is 35.5. The summed E-state index contributed by atoms with van der Waals surface area (Å²) in [5, 5.41) is 7.68. The molecule has 3 aromatic rings. The first-order valence-electron chi connectivity index (χ1n) is 10.5. The smallest absolute Gasteiger partial charge is 0.261 e. The van der Waals surface area contributed by atoms with Gasteiger partial charge in [0.15, 0.2) is 6.04 Å². The second-order valence-corrected chi connectivity index (χ2v) is 9.37. The number of hydrogen-bond donors (Lipinski definition) is 2. The number of nitrogens with zero attached hydrogens (tertiary/aromatic N) is 1. The maximum atomic E-state index is 13.5. The van der Waals surface area contributed by atoms with Gasteiger partial charge in [-0.25, -0.2) is 0 Å². The number of amides is 3. The van der Waals surface area contributed by atoms with Gasteiger partial charge in [-0.3, -0.25) is 19.3 Å². The lowest BCUT2D eigenvalue weighted by Gasteiger charge is -2.33. The minimum absolute atomic E-state index is 0.275. The van der Waals surface area contributed by atoms with E-state index in [0.29, 0.717) is 17.0 Å². The number of halogens is 1. The van der Waals surface area contributed by atoms with Gasteiger partial charge < -0.3 is 15.1 Å². The molecule has 1 atom stereocenters. The maximum Gasteiger partial charge on any atom is 0.261 e. The molecule has 1 aromatic carbocycles. The Balaban J connectivity index is 1.98. The Morgan fingerprint density at radius 2 is 1.88 bits per heavy atom. The minimum atomic E-state index is -1.13. The second-order valence-electron chi connectivity index (χ2n) is 8.02. The molecule has 2 aromatic heterocycles. The van der Waals surface area contributed by atoms with E-state index in [4.69, 9.17) is 16.0 Å². The van der Waals surface area contributed by atoms with Gasteiger partial charge in [-0.05, 0) is 56.0 Å². The van der Waals surface area contributed by atoms with Crippen LogP contribution in [-0.2, 0) is 9.59 Å². The molecule has 3 amide bonds. The maximum absolute atomic E-state index is 13.5. The van der Waals surface area contributed by atoms with Crippen molar-refractivity contribution < 1.29 is 18.8 Å². The third kappa shape index (κ3) is 6.03. The molecule has 0 aliphatic rings. The fourth-order valence-corrected chi connectivity index (χ4v) is 3.98. The fourth-order valence-electron chi connectivity index (χ4n) is 3.11. The quantitative estimate of drug-likeness (QED) is 0.453. The van der Waals surface area contributed by atoms with Crippen molar-refractivity contribution in [3.05, 3.63) is 75.8 Å². The SMILES string of the molecule is CCC(C)(C)NC(=O)[C@@H](c1ccco1)N(C(=O)CNC(=O)c1cccs1)c1ccccc1Cl. The third-order valence-corrected chi connectivity index (χ3v) is 6.38. The summed E-state index contributed by atoms with van der Waals surface area (Å²) < 4.78 is 5.56. The zero-order chi connectivity index (χ0) is 24.0. The molecular weight excluding hydrogens is 462 g/mol. The predicted molar refractivity (Wildman–Crippen MR) is 130 cm³/mol. The van der Waals surface area contributed by atoms with E-state index < -0.39 is 23.4 Å². The number of furan rings is 1. The van der Waals surface area contributed by atoms with E-state index in [9.17, 15) is 14.4 Å². The lowest BCUT2D eigenvalue weighted by Crippen LogP contribution is -2.52. The topological polar surface area (TPSA) is 91.7 Å². The van der Waals surface area contributed by atoms with Crippen LogP contribution >= 0.6 is 22.9 Å². The van der Waals surface area contributed by atoms with E-state index in [1.54, 1.807) is 53.9 Å². The van der Waals surface area contributed by atoms with Crippen LogP contribution in [0.1, 0.15) is 48.7 Å². The van der Waals surface area contributed by atoms with Crippen molar-refractivity contribution in [2.45, 2.75) is 38.8 Å². The number of anilines is 1. The lowest BCUT2D eigenvalue weighted by atomic mass is 10.0. The van der Waals surface area contributed by atoms with Crippen molar-refractivity contribution in [3.8, 4) is 0 Å². The normalized spacial score (nSPS) is 12.1. The molecule has 3 rings (SSSR count). The third-order valence-electron chi connectivity index (χ3n) is 5.19. The van der Waals surface area contributed by atoms with Gasteiger partial charge in [0, 0.05) is 5.54 Å². The van der Waals surface area contributed by atoms with Gasteiger partial charge in [0.05, 0.1) is 28.4 Å². The van der Waals surface area contributed by atoms with E-state index in [1.807, 2.05) is 20.8 Å². The van der Waals surface area contributed by atoms with Crippen LogP contribution in [0, 0.1) is 0 Å². The molecule has 33 heavy (non-hydrogen) atoms. The summed E-state index contributed by atoms with van der Waals surface area (Å²) in [5.41, 5.74) is -0.176. The number of carbonyl (C=O) groups excluding carboxylic acids is 3. The van der Waals surface area contributed by atoms with E-state index in [-0.39, 0.29) is 23.2 Å². The average molecular weight is 488 g/mol. The molecule has 174 valence electrons. The van der Waals surface area contributed by atoms with E-state index in [2.05, 4.69) is 10.6 Å². The first kappa shape index (κ1) is 24.5. The van der Waals surface area contributed by atoms with Gasteiger partial charge in [-0.2, -0.15) is 0 Å². The van der Waals surface area contributed by atoms with Crippen LogP contribution in [0.3, 0.4) is 0 Å². The van der Waals surface area contributed by atoms with E-state index in [1.165, 1.54) is 22.5 Å². The van der Waals surface area contributed by atoms with Gasteiger partial charge in [0.25, 0.3) is 11.8 Å². The summed E-state index contributed by atoms with van der Waals surface area (Å²) in [5.74, 6) is -1.03. The number of thiophene rings is 1. The molecule has 9 heteroatoms. The summed E-state index contributed by atoms with van der Waals surface area (Å²) >= 11 is 7.71. The zero-order valence-corrected chi connectivity index (χ0v) is 20.2. The van der Waals surface area contributed by atoms with Crippen LogP contribution in [0.5, 0.6) is 0 Å². The molecular formula is C24H26ClN3O4S. The fraction of sp³-hybridized carbons (Fsp3) is 0.292. The Labute approximate surface area is 201 Å². The molecule has 2 heterocycles. The molecule has 0 bridgehead atoms. The molecule has 0 saturated carbocycles. The van der Waals surface area contributed by atoms with Crippen molar-refractivity contribution in [3.63, 3.8) is 0 Å². The van der Waals surface area contributed by atoms with Gasteiger partial charge in [0.2, 0.25) is 5.91 Å². The molecule has 7 nitrogen and oxygen atoms in total. The van der Waals surface area contributed by atoms with Crippen LogP contribution in [0.4, 0.5) is 5.69 Å². The molecule has 0 saturated heterocycles. The second kappa shape index (κ2) is 10.7. The molecule has 0 fully saturated rings. The van der Waals surface area contributed by atoms with E-state index >= 15 is 0 Å². The van der Waals surface area contributed by atoms with Crippen LogP contribution in [0.15, 0.2) is 64.6 Å². The number of nitrogens with one attached hydrogen (secondary N) is 2. The summed E-state index contributed by atoms with van der Waals surface area (Å²) in [4.78, 5) is 41.1. The van der Waals surface area contributed by atoms with Gasteiger partial charge in [0.1, 0.15) is 5.76 Å². The Kier molecular flexibility index (Phi) is 7.94. The van der Waals surface area contributed by atoms with Crippen molar-refractivity contribution in [1.82, 2.24) is 10.6 Å². The first-order chi connectivity index (χ1) is 15.7. The number of carbonyl (C=O) groups is 3. The molecule has 0 aliphatic heterocycles. The highest BCUT2D eigenvalue weighted by molar-refractivity contribution is 7.12. The van der Waals surface area contributed by atoms with Crippen molar-refractivity contribution in [2.24, 2.45) is 0 Å². The van der Waals surface area contributed by atoms with E-state index in [0.717, 1.165) is 0 Å². The first-order valence-corrected chi connectivity index (χ1v) is 11.7. The Morgan fingerprint density at radius 3 is 2.48 bits per heavy atom. The highest BCUT2D eigenvalue weighted by Crippen LogP contribution is 2.34. The summed E-state index contributed by atoms with van der Waals surface area (Å²) in [6.45, 7) is 5.42. The molecule has 0 spiro atoms. The molecule has 0 radical (unpaired) electrons. The molecule has 0 unspecified atom stereocenters. The van der Waals surface area contributed by atoms with Crippen molar-refractivity contribution in [2.75, 3.05) is 11.4 Å². The largest absolute Gasteiger partial charge is 0.467 e. The molecule has 2 N–H and O–H groups in total. The summed E-state index contributed by atoms with van der Waals surface area (Å²) in [6, 6.07) is 12.3. The zero-order valence-electron chi connectivity index (χ0n) is 18.6. The average Bonchev–Trinajstić information content (AvgIpc) is 3.50. The highest BCUT2D eigenvalue weighted by Gasteiger charge is 2.37.